The molecule has 0 aliphatic heterocycles. The predicted octanol–water partition coefficient (Wildman–Crippen LogP) is 13.9. The van der Waals surface area contributed by atoms with E-state index in [1.165, 1.54) is 42.0 Å². The van der Waals surface area contributed by atoms with Gasteiger partial charge in [-0.05, 0) is 65.7 Å². The van der Waals surface area contributed by atoms with E-state index in [0.717, 1.165) is 55.4 Å². The maximum absolute atomic E-state index is 6.76. The van der Waals surface area contributed by atoms with Gasteiger partial charge in [0.1, 0.15) is 11.2 Å². The van der Waals surface area contributed by atoms with Gasteiger partial charge in [-0.15, -0.1) is 11.3 Å². The number of nitrogens with zero attached hydrogens (tertiary/aromatic N) is 4. The van der Waals surface area contributed by atoms with Crippen LogP contribution in [0.1, 0.15) is 0 Å². The first-order chi connectivity index (χ1) is 28.2. The molecular formula is C51H30N4OS. The third-order valence-electron chi connectivity index (χ3n) is 11.1. The standard InChI is InChI=1S/C51H30N4OS/c1-3-13-31(14-4-1)49-52-50(32-15-5-2-6-16-32)54-51(53-49)39-21-11-20-38-47-35(19-12-24-44(47)56-48(38)39)33-25-27-45-40(29-33)41-30-34(26-28-46(41)57-45)55-42-22-9-7-17-36(42)37-18-8-10-23-43(37)55/h1-30H. The highest BCUT2D eigenvalue weighted by Gasteiger charge is 2.20. The maximum atomic E-state index is 6.76. The molecule has 0 fully saturated rings. The van der Waals surface area contributed by atoms with Crippen LogP contribution in [0, 0.1) is 0 Å². The molecule has 0 unspecified atom stereocenters. The summed E-state index contributed by atoms with van der Waals surface area (Å²) in [5, 5.41) is 7.11. The molecule has 0 saturated carbocycles. The minimum Gasteiger partial charge on any atom is -0.455 e. The number of hydrogen-bond donors (Lipinski definition) is 0. The highest BCUT2D eigenvalue weighted by molar-refractivity contribution is 7.25. The van der Waals surface area contributed by atoms with Crippen LogP contribution >= 0.6 is 11.3 Å². The van der Waals surface area contributed by atoms with Crippen molar-refractivity contribution in [1.82, 2.24) is 19.5 Å². The molecule has 8 aromatic carbocycles. The van der Waals surface area contributed by atoms with Gasteiger partial charge in [0.25, 0.3) is 0 Å². The minimum atomic E-state index is 0.569. The molecule has 12 aromatic rings. The van der Waals surface area contributed by atoms with Crippen molar-refractivity contribution < 1.29 is 4.42 Å². The predicted molar refractivity (Wildman–Crippen MR) is 236 cm³/mol. The molecule has 4 aromatic heterocycles. The summed E-state index contributed by atoms with van der Waals surface area (Å²) in [7, 11) is 0. The Bertz CT molecular complexity index is 3420. The fourth-order valence-electron chi connectivity index (χ4n) is 8.47. The second kappa shape index (κ2) is 12.6. The summed E-state index contributed by atoms with van der Waals surface area (Å²) in [5.74, 6) is 1.80. The quantitative estimate of drug-likeness (QED) is 0.176. The lowest BCUT2D eigenvalue weighted by Crippen LogP contribution is -2.00. The summed E-state index contributed by atoms with van der Waals surface area (Å²) in [6, 6.07) is 63.8. The third kappa shape index (κ3) is 5.04. The van der Waals surface area contributed by atoms with Crippen LogP contribution in [0.5, 0.6) is 0 Å². The zero-order valence-electron chi connectivity index (χ0n) is 30.4. The van der Waals surface area contributed by atoms with Gasteiger partial charge in [-0.2, -0.15) is 0 Å². The summed E-state index contributed by atoms with van der Waals surface area (Å²) < 4.78 is 11.7. The van der Waals surface area contributed by atoms with Crippen molar-refractivity contribution in [1.29, 1.82) is 0 Å². The topological polar surface area (TPSA) is 56.7 Å². The fourth-order valence-corrected chi connectivity index (χ4v) is 9.53. The number of para-hydroxylation sites is 3. The normalized spacial score (nSPS) is 11.9. The van der Waals surface area contributed by atoms with Crippen LogP contribution in [-0.2, 0) is 0 Å². The molecule has 12 rings (SSSR count). The van der Waals surface area contributed by atoms with E-state index < -0.39 is 0 Å². The molecule has 0 N–H and O–H groups in total. The summed E-state index contributed by atoms with van der Waals surface area (Å²) in [6.45, 7) is 0. The van der Waals surface area contributed by atoms with Gasteiger partial charge >= 0.3 is 0 Å². The van der Waals surface area contributed by atoms with Gasteiger partial charge in [0.15, 0.2) is 17.5 Å². The lowest BCUT2D eigenvalue weighted by molar-refractivity contribution is 0.669. The smallest absolute Gasteiger partial charge is 0.167 e. The summed E-state index contributed by atoms with van der Waals surface area (Å²) >= 11 is 1.84. The molecular weight excluding hydrogens is 717 g/mol. The van der Waals surface area contributed by atoms with Gasteiger partial charge < -0.3 is 8.98 Å². The summed E-state index contributed by atoms with van der Waals surface area (Å²) in [6.07, 6.45) is 0. The first kappa shape index (κ1) is 31.9. The zero-order chi connectivity index (χ0) is 37.5. The molecule has 57 heavy (non-hydrogen) atoms. The van der Waals surface area contributed by atoms with Crippen LogP contribution < -0.4 is 0 Å². The second-order valence-corrected chi connectivity index (χ2v) is 15.4. The van der Waals surface area contributed by atoms with Crippen molar-refractivity contribution >= 4 is 75.3 Å². The van der Waals surface area contributed by atoms with Gasteiger partial charge in [0.05, 0.1) is 16.6 Å². The zero-order valence-corrected chi connectivity index (χ0v) is 31.2. The number of benzene rings is 8. The molecule has 6 heteroatoms. The van der Waals surface area contributed by atoms with E-state index in [1.54, 1.807) is 0 Å². The van der Waals surface area contributed by atoms with Gasteiger partial charge in [-0.3, -0.25) is 0 Å². The molecule has 0 radical (unpaired) electrons. The van der Waals surface area contributed by atoms with Crippen LogP contribution in [0.3, 0.4) is 0 Å². The molecule has 0 amide bonds. The number of fused-ring (bicyclic) bond motifs is 9. The Balaban J connectivity index is 1.03. The molecule has 0 aliphatic rings. The number of furan rings is 1. The van der Waals surface area contributed by atoms with E-state index in [-0.39, 0.29) is 0 Å². The van der Waals surface area contributed by atoms with Crippen molar-refractivity contribution in [2.75, 3.05) is 0 Å². The Morgan fingerprint density at radius 1 is 0.404 bits per heavy atom. The summed E-state index contributed by atoms with van der Waals surface area (Å²) in [4.78, 5) is 15.0. The van der Waals surface area contributed by atoms with Crippen molar-refractivity contribution in [3.05, 3.63) is 182 Å². The highest BCUT2D eigenvalue weighted by atomic mass is 32.1. The second-order valence-electron chi connectivity index (χ2n) is 14.4. The van der Waals surface area contributed by atoms with E-state index in [4.69, 9.17) is 19.4 Å². The Morgan fingerprint density at radius 2 is 0.965 bits per heavy atom. The number of hydrogen-bond acceptors (Lipinski definition) is 5. The van der Waals surface area contributed by atoms with Gasteiger partial charge in [-0.1, -0.05) is 127 Å². The molecule has 0 bridgehead atoms. The van der Waals surface area contributed by atoms with Crippen molar-refractivity contribution in [3.8, 4) is 51.0 Å². The van der Waals surface area contributed by atoms with Gasteiger partial charge in [-0.25, -0.2) is 15.0 Å². The van der Waals surface area contributed by atoms with Crippen molar-refractivity contribution in [3.63, 3.8) is 0 Å². The molecule has 0 spiro atoms. The van der Waals surface area contributed by atoms with Crippen LogP contribution in [0.4, 0.5) is 0 Å². The summed E-state index contributed by atoms with van der Waals surface area (Å²) in [5.41, 5.74) is 10.1. The molecule has 0 saturated heterocycles. The van der Waals surface area contributed by atoms with Crippen LogP contribution in [0.15, 0.2) is 186 Å². The highest BCUT2D eigenvalue weighted by Crippen LogP contribution is 2.43. The first-order valence-corrected chi connectivity index (χ1v) is 19.8. The average molecular weight is 747 g/mol. The number of thiophene rings is 1. The SMILES string of the molecule is c1ccc(-c2nc(-c3ccccc3)nc(-c3cccc4c3oc3cccc(-c5ccc6sc7ccc(-n8c9ccccc9c9ccccc98)cc7c6c5)c34)n2)cc1. The van der Waals surface area contributed by atoms with Crippen LogP contribution in [-0.4, -0.2) is 19.5 Å². The van der Waals surface area contributed by atoms with Crippen molar-refractivity contribution in [2.45, 2.75) is 0 Å². The largest absolute Gasteiger partial charge is 0.455 e. The molecule has 0 aliphatic carbocycles. The molecule has 0 atom stereocenters. The maximum Gasteiger partial charge on any atom is 0.167 e. The molecule has 5 nitrogen and oxygen atoms in total. The van der Waals surface area contributed by atoms with E-state index in [1.807, 2.05) is 78.1 Å². The first-order valence-electron chi connectivity index (χ1n) is 19.0. The van der Waals surface area contributed by atoms with Gasteiger partial charge in [0.2, 0.25) is 0 Å². The fraction of sp³-hybridized carbons (Fsp3) is 0. The molecule has 266 valence electrons. The lowest BCUT2D eigenvalue weighted by atomic mass is 9.97. The number of rotatable bonds is 5. The Morgan fingerprint density at radius 3 is 1.67 bits per heavy atom. The number of aromatic nitrogens is 4. The average Bonchev–Trinajstić information content (AvgIpc) is 3.96. The van der Waals surface area contributed by atoms with Crippen molar-refractivity contribution in [2.24, 2.45) is 0 Å². The van der Waals surface area contributed by atoms with E-state index in [2.05, 4.69) is 120 Å². The van der Waals surface area contributed by atoms with E-state index in [0.29, 0.717) is 17.5 Å². The van der Waals surface area contributed by atoms with E-state index >= 15 is 0 Å². The van der Waals surface area contributed by atoms with Gasteiger partial charge in [0, 0.05) is 58.5 Å². The Labute approximate surface area is 330 Å². The molecule has 4 heterocycles. The third-order valence-corrected chi connectivity index (χ3v) is 12.2. The Hall–Kier alpha value is -7.41. The van der Waals surface area contributed by atoms with Crippen LogP contribution in [0.25, 0.3) is 115 Å². The minimum absolute atomic E-state index is 0.569. The monoisotopic (exact) mass is 746 g/mol. The van der Waals surface area contributed by atoms with Crippen LogP contribution in [0.2, 0.25) is 0 Å². The Kier molecular flexibility index (Phi) is 7.03. The lowest BCUT2D eigenvalue weighted by Gasteiger charge is -2.09. The van der Waals surface area contributed by atoms with E-state index in [9.17, 15) is 0 Å².